The van der Waals surface area contributed by atoms with Crippen LogP contribution in [0.4, 0.5) is 11.4 Å². The molecule has 3 aromatic carbocycles. The van der Waals surface area contributed by atoms with Gasteiger partial charge in [-0.1, -0.05) is 43.4 Å². The van der Waals surface area contributed by atoms with Gasteiger partial charge in [-0.05, 0) is 57.4 Å². The highest BCUT2D eigenvalue weighted by molar-refractivity contribution is 7.01. The lowest BCUT2D eigenvalue weighted by atomic mass is 9.76. The van der Waals surface area contributed by atoms with Crippen LogP contribution in [0.3, 0.4) is 0 Å². The number of hydrogen-bond donors (Lipinski definition) is 4. The van der Waals surface area contributed by atoms with Gasteiger partial charge in [-0.3, -0.25) is 9.69 Å². The fourth-order valence-corrected chi connectivity index (χ4v) is 10.7. The molecule has 0 aromatic heterocycles. The van der Waals surface area contributed by atoms with Crippen molar-refractivity contribution in [3.63, 3.8) is 0 Å². The third-order valence-electron chi connectivity index (χ3n) is 9.96. The van der Waals surface area contributed by atoms with E-state index in [9.17, 15) is 4.79 Å². The zero-order valence-corrected chi connectivity index (χ0v) is 28.1. The summed E-state index contributed by atoms with van der Waals surface area (Å²) in [6.07, 6.45) is 0. The topological polar surface area (TPSA) is 74.9 Å². The van der Waals surface area contributed by atoms with E-state index in [2.05, 4.69) is 112 Å². The van der Waals surface area contributed by atoms with Crippen molar-refractivity contribution in [1.29, 1.82) is 0 Å². The van der Waals surface area contributed by atoms with Crippen LogP contribution in [-0.4, -0.2) is 110 Å². The number of rotatable bonds is 5. The summed E-state index contributed by atoms with van der Waals surface area (Å²) in [5.74, 6) is 0.130. The lowest BCUT2D eigenvalue weighted by Gasteiger charge is -2.49. The zero-order chi connectivity index (χ0) is 30.9. The van der Waals surface area contributed by atoms with E-state index in [0.717, 1.165) is 75.7 Å². The molecule has 0 unspecified atom stereocenters. The molecule has 4 N–H and O–H groups in total. The average Bonchev–Trinajstić information content (AvgIpc) is 3.27. The van der Waals surface area contributed by atoms with Crippen molar-refractivity contribution >= 4 is 35.7 Å². The summed E-state index contributed by atoms with van der Waals surface area (Å²) < 4.78 is 0. The quantitative estimate of drug-likeness (QED) is 0.328. The maximum atomic E-state index is 14.6. The molecule has 1 fully saturated rings. The van der Waals surface area contributed by atoms with Gasteiger partial charge in [-0.15, -0.1) is 0 Å². The van der Waals surface area contributed by atoms with Gasteiger partial charge in [0, 0.05) is 104 Å². The van der Waals surface area contributed by atoms with Crippen LogP contribution in [0.5, 0.6) is 0 Å². The molecule has 0 radical (unpaired) electrons. The number of nitrogens with one attached hydrogen (secondary N) is 4. The van der Waals surface area contributed by atoms with Gasteiger partial charge in [-0.25, -0.2) is 0 Å². The molecule has 1 atom stereocenters. The molecule has 3 aliphatic rings. The van der Waals surface area contributed by atoms with E-state index >= 15 is 0 Å². The Labute approximate surface area is 264 Å². The van der Waals surface area contributed by atoms with E-state index in [-0.39, 0.29) is 5.91 Å². The van der Waals surface area contributed by atoms with E-state index in [1.54, 1.807) is 0 Å². The Morgan fingerprint density at radius 3 is 2.07 bits per heavy atom. The van der Waals surface area contributed by atoms with Crippen molar-refractivity contribution in [2.75, 3.05) is 96.8 Å². The Kier molecular flexibility index (Phi) is 8.85. The second-order valence-corrected chi connectivity index (χ2v) is 17.4. The van der Waals surface area contributed by atoms with E-state index in [4.69, 9.17) is 0 Å². The van der Waals surface area contributed by atoms with E-state index in [1.807, 2.05) is 19.2 Å². The summed E-state index contributed by atoms with van der Waals surface area (Å²) >= 11 is 0. The van der Waals surface area contributed by atoms with Gasteiger partial charge in [-0.2, -0.15) is 0 Å². The predicted molar refractivity (Wildman–Crippen MR) is 186 cm³/mol. The van der Waals surface area contributed by atoms with Crippen LogP contribution in [0.15, 0.2) is 60.7 Å². The number of fused-ring (bicyclic) bond motifs is 6. The van der Waals surface area contributed by atoms with Crippen molar-refractivity contribution in [3.8, 4) is 0 Å². The number of benzene rings is 3. The van der Waals surface area contributed by atoms with Crippen LogP contribution in [0.1, 0.15) is 27.0 Å². The highest BCUT2D eigenvalue weighted by Crippen LogP contribution is 2.50. The van der Waals surface area contributed by atoms with Gasteiger partial charge in [0.25, 0.3) is 5.91 Å². The Morgan fingerprint density at radius 1 is 0.795 bits per heavy atom. The van der Waals surface area contributed by atoms with Gasteiger partial charge in [0.1, 0.15) is 13.6 Å². The first-order chi connectivity index (χ1) is 21.3. The van der Waals surface area contributed by atoms with E-state index in [1.165, 1.54) is 27.2 Å². The molecule has 3 aliphatic heterocycles. The molecule has 3 heterocycles. The van der Waals surface area contributed by atoms with Gasteiger partial charge >= 0.3 is 0 Å². The SMILES string of the molecule is CNc1ccc2c(c1)[Si](C)(C)c1cc(N(C)C)ccc1[C@@]21c2ccccc2C(=O)N1CCN1CCNCCNCCNCC1. The standard InChI is InChI=1S/C35H49N7OSi/c1-36-26-10-12-30-32(24-26)44(4,5)33-25-27(40(2)3)11-13-31(33)35(30)29-9-7-6-8-28(29)34(43)42(35)23-22-41-20-18-38-16-14-37-15-17-39-19-21-41/h6-13,24-25,36-39H,14-23H2,1-5H3/t35-/m1/s1. The highest BCUT2D eigenvalue weighted by atomic mass is 28.3. The summed E-state index contributed by atoms with van der Waals surface area (Å²) in [4.78, 5) is 21.5. The summed E-state index contributed by atoms with van der Waals surface area (Å²) in [6.45, 7) is 14.1. The average molecular weight is 612 g/mol. The maximum Gasteiger partial charge on any atom is 0.255 e. The fraction of sp³-hybridized carbons (Fsp3) is 0.457. The van der Waals surface area contributed by atoms with Crippen LogP contribution in [-0.2, 0) is 5.54 Å². The third kappa shape index (κ3) is 5.24. The Morgan fingerprint density at radius 2 is 1.41 bits per heavy atom. The number of carbonyl (C=O) groups excluding carboxylic acids is 1. The lowest BCUT2D eigenvalue weighted by molar-refractivity contribution is 0.0649. The molecule has 8 nitrogen and oxygen atoms in total. The van der Waals surface area contributed by atoms with E-state index < -0.39 is 13.6 Å². The lowest BCUT2D eigenvalue weighted by Crippen LogP contribution is -2.66. The molecular formula is C35H49N7OSi. The summed E-state index contributed by atoms with van der Waals surface area (Å²) in [7, 11) is 4.07. The molecule has 6 rings (SSSR count). The largest absolute Gasteiger partial charge is 0.388 e. The molecule has 3 aromatic rings. The van der Waals surface area contributed by atoms with E-state index in [0.29, 0.717) is 6.54 Å². The predicted octanol–water partition coefficient (Wildman–Crippen LogP) is 1.76. The first-order valence-corrected chi connectivity index (χ1v) is 19.2. The molecule has 0 bridgehead atoms. The molecule has 1 saturated heterocycles. The minimum absolute atomic E-state index is 0.130. The fourth-order valence-electron chi connectivity index (χ4n) is 7.52. The molecule has 1 amide bonds. The van der Waals surface area contributed by atoms with Gasteiger partial charge < -0.3 is 31.1 Å². The molecule has 234 valence electrons. The second kappa shape index (κ2) is 12.7. The minimum atomic E-state index is -2.15. The van der Waals surface area contributed by atoms with Crippen LogP contribution in [0, 0.1) is 0 Å². The van der Waals surface area contributed by atoms with Crippen molar-refractivity contribution in [2.24, 2.45) is 0 Å². The number of carbonyl (C=O) groups is 1. The van der Waals surface area contributed by atoms with Gasteiger partial charge in [0.15, 0.2) is 0 Å². The molecule has 0 saturated carbocycles. The summed E-state index contributed by atoms with van der Waals surface area (Å²) in [5, 5.41) is 16.9. The molecule has 1 spiro atoms. The summed E-state index contributed by atoms with van der Waals surface area (Å²) in [6, 6.07) is 22.2. The Balaban J connectivity index is 1.48. The molecule has 44 heavy (non-hydrogen) atoms. The second-order valence-electron chi connectivity index (χ2n) is 13.1. The van der Waals surface area contributed by atoms with Gasteiger partial charge in [0.2, 0.25) is 0 Å². The highest BCUT2D eigenvalue weighted by Gasteiger charge is 2.58. The number of anilines is 2. The zero-order valence-electron chi connectivity index (χ0n) is 27.1. The number of hydrogen-bond acceptors (Lipinski definition) is 7. The van der Waals surface area contributed by atoms with Crippen molar-refractivity contribution < 1.29 is 4.79 Å². The number of nitrogens with zero attached hydrogens (tertiary/aromatic N) is 3. The summed E-state index contributed by atoms with van der Waals surface area (Å²) in [5.41, 5.74) is 6.11. The normalized spacial score (nSPS) is 22.0. The van der Waals surface area contributed by atoms with Gasteiger partial charge in [0.05, 0.1) is 0 Å². The Bertz CT molecular complexity index is 1500. The Hall–Kier alpha value is -3.21. The molecule has 9 heteroatoms. The molecule has 0 aliphatic carbocycles. The van der Waals surface area contributed by atoms with Crippen LogP contribution < -0.4 is 36.5 Å². The monoisotopic (exact) mass is 611 g/mol. The first-order valence-electron chi connectivity index (χ1n) is 16.2. The van der Waals surface area contributed by atoms with Crippen molar-refractivity contribution in [3.05, 3.63) is 82.9 Å². The van der Waals surface area contributed by atoms with Crippen LogP contribution in [0.25, 0.3) is 0 Å². The van der Waals surface area contributed by atoms with Crippen LogP contribution in [0.2, 0.25) is 13.1 Å². The first kappa shape index (κ1) is 30.8. The molecular weight excluding hydrogens is 563 g/mol. The van der Waals surface area contributed by atoms with Crippen molar-refractivity contribution in [2.45, 2.75) is 18.6 Å². The minimum Gasteiger partial charge on any atom is -0.388 e. The number of amides is 1. The van der Waals surface area contributed by atoms with Crippen LogP contribution >= 0.6 is 0 Å². The smallest absolute Gasteiger partial charge is 0.255 e. The van der Waals surface area contributed by atoms with Crippen molar-refractivity contribution in [1.82, 2.24) is 25.8 Å². The maximum absolute atomic E-state index is 14.6. The third-order valence-corrected chi connectivity index (χ3v) is 13.5.